The van der Waals surface area contributed by atoms with Crippen molar-refractivity contribution in [3.8, 4) is 12.3 Å². The number of amides is 1. The quantitative estimate of drug-likeness (QED) is 0.280. The van der Waals surface area contributed by atoms with Crippen LogP contribution in [0, 0.1) is 12.3 Å². The Morgan fingerprint density at radius 2 is 1.69 bits per heavy atom. The largest absolute Gasteiger partial charge is 0.377 e. The first-order chi connectivity index (χ1) is 7.77. The Balaban J connectivity index is 2.94. The van der Waals surface area contributed by atoms with E-state index in [0.29, 0.717) is 46.2 Å². The molecule has 0 bridgehead atoms. The van der Waals surface area contributed by atoms with Gasteiger partial charge in [-0.25, -0.2) is 0 Å². The molecule has 0 saturated heterocycles. The van der Waals surface area contributed by atoms with Gasteiger partial charge in [0, 0.05) is 22.5 Å². The van der Waals surface area contributed by atoms with Gasteiger partial charge in [-0.15, -0.1) is 6.42 Å². The van der Waals surface area contributed by atoms with Crippen LogP contribution in [0.1, 0.15) is 0 Å². The first-order valence-electron chi connectivity index (χ1n) is 4.87. The van der Waals surface area contributed by atoms with Crippen LogP contribution < -0.4 is 5.32 Å². The SMILES string of the molecule is C#CCOCCOCCOCCNC(=O)Br. The van der Waals surface area contributed by atoms with E-state index in [1.165, 1.54) is 0 Å². The highest BCUT2D eigenvalue weighted by atomic mass is 79.9. The van der Waals surface area contributed by atoms with Crippen LogP contribution in [0.25, 0.3) is 0 Å². The number of hydrogen-bond donors (Lipinski definition) is 1. The molecule has 1 amide bonds. The van der Waals surface area contributed by atoms with E-state index in [1.807, 2.05) is 0 Å². The summed E-state index contributed by atoms with van der Waals surface area (Å²) in [7, 11) is 0. The predicted molar refractivity (Wildman–Crippen MR) is 63.6 cm³/mol. The molecule has 16 heavy (non-hydrogen) atoms. The Morgan fingerprint density at radius 3 is 2.25 bits per heavy atom. The minimum atomic E-state index is -0.238. The number of carbonyl (C=O) groups is 1. The summed E-state index contributed by atoms with van der Waals surface area (Å²) in [5, 5.41) is 2.54. The lowest BCUT2D eigenvalue weighted by Gasteiger charge is -2.05. The molecule has 0 spiro atoms. The molecule has 1 N–H and O–H groups in total. The van der Waals surface area contributed by atoms with Crippen LogP contribution in [0.3, 0.4) is 0 Å². The average Bonchev–Trinajstić information content (AvgIpc) is 2.25. The molecule has 0 aliphatic carbocycles. The lowest BCUT2D eigenvalue weighted by atomic mass is 10.6. The fourth-order valence-electron chi connectivity index (χ4n) is 0.792. The Bertz CT molecular complexity index is 217. The van der Waals surface area contributed by atoms with Crippen molar-refractivity contribution in [2.24, 2.45) is 0 Å². The molecule has 92 valence electrons. The van der Waals surface area contributed by atoms with Crippen molar-refractivity contribution >= 4 is 20.7 Å². The van der Waals surface area contributed by atoms with Gasteiger partial charge in [0.2, 0.25) is 0 Å². The molecule has 0 radical (unpaired) electrons. The number of ether oxygens (including phenoxy) is 3. The first kappa shape index (κ1) is 15.4. The van der Waals surface area contributed by atoms with Crippen molar-refractivity contribution in [1.82, 2.24) is 5.32 Å². The molecule has 0 aromatic carbocycles. The fraction of sp³-hybridized carbons (Fsp3) is 0.700. The third-order valence-electron chi connectivity index (χ3n) is 1.44. The zero-order valence-corrected chi connectivity index (χ0v) is 10.6. The van der Waals surface area contributed by atoms with E-state index < -0.39 is 0 Å². The molecule has 5 nitrogen and oxygen atoms in total. The van der Waals surface area contributed by atoms with Crippen LogP contribution in [0.5, 0.6) is 0 Å². The third-order valence-corrected chi connectivity index (χ3v) is 1.72. The topological polar surface area (TPSA) is 56.8 Å². The molecule has 6 heteroatoms. The van der Waals surface area contributed by atoms with Crippen LogP contribution >= 0.6 is 15.9 Å². The molecule has 0 atom stereocenters. The second-order valence-corrected chi connectivity index (χ2v) is 3.40. The molecule has 0 saturated carbocycles. The Labute approximate surface area is 104 Å². The van der Waals surface area contributed by atoms with Crippen molar-refractivity contribution in [2.45, 2.75) is 0 Å². The van der Waals surface area contributed by atoms with E-state index in [2.05, 4.69) is 27.2 Å². The Hall–Kier alpha value is -0.610. The van der Waals surface area contributed by atoms with Gasteiger partial charge in [0.15, 0.2) is 0 Å². The molecule has 0 fully saturated rings. The summed E-state index contributed by atoms with van der Waals surface area (Å²) >= 11 is 2.74. The molecule has 0 unspecified atom stereocenters. The van der Waals surface area contributed by atoms with Gasteiger partial charge in [0.05, 0.1) is 33.0 Å². The van der Waals surface area contributed by atoms with E-state index in [1.54, 1.807) is 0 Å². The smallest absolute Gasteiger partial charge is 0.287 e. The lowest BCUT2D eigenvalue weighted by Crippen LogP contribution is -2.22. The molecule has 0 aliphatic heterocycles. The van der Waals surface area contributed by atoms with E-state index in [9.17, 15) is 4.79 Å². The van der Waals surface area contributed by atoms with Gasteiger partial charge in [0.25, 0.3) is 4.82 Å². The normalized spacial score (nSPS) is 9.75. The summed E-state index contributed by atoms with van der Waals surface area (Å²) in [5.41, 5.74) is 0. The number of halogens is 1. The number of terminal acetylenes is 1. The maximum absolute atomic E-state index is 10.4. The van der Waals surface area contributed by atoms with Crippen LogP contribution in [0.2, 0.25) is 0 Å². The van der Waals surface area contributed by atoms with Crippen LogP contribution in [0.4, 0.5) is 4.79 Å². The Morgan fingerprint density at radius 1 is 1.12 bits per heavy atom. The zero-order valence-electron chi connectivity index (χ0n) is 9.04. The highest BCUT2D eigenvalue weighted by Gasteiger charge is 1.93. The van der Waals surface area contributed by atoms with Crippen molar-refractivity contribution < 1.29 is 19.0 Å². The van der Waals surface area contributed by atoms with Gasteiger partial charge < -0.3 is 19.5 Å². The van der Waals surface area contributed by atoms with E-state index >= 15 is 0 Å². The summed E-state index contributed by atoms with van der Waals surface area (Å²) in [6, 6.07) is 0. The van der Waals surface area contributed by atoms with Crippen LogP contribution in [0.15, 0.2) is 0 Å². The minimum absolute atomic E-state index is 0.238. The standard InChI is InChI=1S/C10H16BrNO4/c1-2-4-14-6-8-16-9-7-15-5-3-12-10(11)13/h1H,3-9H2,(H,12,13). The van der Waals surface area contributed by atoms with Crippen molar-refractivity contribution in [1.29, 1.82) is 0 Å². The van der Waals surface area contributed by atoms with Crippen molar-refractivity contribution in [3.63, 3.8) is 0 Å². The summed E-state index contributed by atoms with van der Waals surface area (Å²) < 4.78 is 15.4. The number of carbonyl (C=O) groups excluding carboxylic acids is 1. The van der Waals surface area contributed by atoms with Gasteiger partial charge in [0.1, 0.15) is 6.61 Å². The number of nitrogens with one attached hydrogen (secondary N) is 1. The molecular weight excluding hydrogens is 278 g/mol. The van der Waals surface area contributed by atoms with E-state index in [4.69, 9.17) is 20.6 Å². The van der Waals surface area contributed by atoms with Gasteiger partial charge in [-0.2, -0.15) is 0 Å². The second-order valence-electron chi connectivity index (χ2n) is 2.68. The summed E-state index contributed by atoms with van der Waals surface area (Å²) in [6.07, 6.45) is 4.99. The predicted octanol–water partition coefficient (Wildman–Crippen LogP) is 0.774. The van der Waals surface area contributed by atoms with Gasteiger partial charge in [-0.05, 0) is 0 Å². The highest BCUT2D eigenvalue weighted by molar-refractivity contribution is 9.18. The summed E-state index contributed by atoms with van der Waals surface area (Å²) in [5.74, 6) is 2.36. The fourth-order valence-corrected chi connectivity index (χ4v) is 0.991. The highest BCUT2D eigenvalue weighted by Crippen LogP contribution is 1.82. The van der Waals surface area contributed by atoms with E-state index in [-0.39, 0.29) is 4.82 Å². The van der Waals surface area contributed by atoms with Gasteiger partial charge >= 0.3 is 0 Å². The maximum Gasteiger partial charge on any atom is 0.287 e. The lowest BCUT2D eigenvalue weighted by molar-refractivity contribution is 0.0213. The van der Waals surface area contributed by atoms with Crippen LogP contribution in [-0.2, 0) is 14.2 Å². The molecule has 0 rings (SSSR count). The molecule has 0 aliphatic rings. The third kappa shape index (κ3) is 13.4. The molecule has 0 heterocycles. The van der Waals surface area contributed by atoms with Gasteiger partial charge in [-0.3, -0.25) is 4.79 Å². The molecule has 0 aromatic heterocycles. The Kier molecular flexibility index (Phi) is 12.0. The number of hydrogen-bond acceptors (Lipinski definition) is 4. The summed E-state index contributed by atoms with van der Waals surface area (Å²) in [4.78, 5) is 10.2. The van der Waals surface area contributed by atoms with E-state index in [0.717, 1.165) is 0 Å². The zero-order chi connectivity index (χ0) is 12.1. The summed E-state index contributed by atoms with van der Waals surface area (Å²) in [6.45, 7) is 3.25. The maximum atomic E-state index is 10.4. The number of rotatable bonds is 10. The molecular formula is C10H16BrNO4. The van der Waals surface area contributed by atoms with Crippen molar-refractivity contribution in [3.05, 3.63) is 0 Å². The molecule has 0 aromatic rings. The first-order valence-corrected chi connectivity index (χ1v) is 5.66. The van der Waals surface area contributed by atoms with Gasteiger partial charge in [-0.1, -0.05) is 5.92 Å². The van der Waals surface area contributed by atoms with Crippen LogP contribution in [-0.4, -0.2) is 51.0 Å². The monoisotopic (exact) mass is 293 g/mol. The average molecular weight is 294 g/mol. The second kappa shape index (κ2) is 12.5. The minimum Gasteiger partial charge on any atom is -0.377 e. The van der Waals surface area contributed by atoms with Crippen molar-refractivity contribution in [2.75, 3.05) is 46.2 Å².